The number of sulfonamides is 1. The lowest BCUT2D eigenvalue weighted by atomic mass is 10.3. The number of pyridine rings is 1. The van der Waals surface area contributed by atoms with Crippen molar-refractivity contribution in [2.75, 3.05) is 19.3 Å². The molecule has 1 atom stereocenters. The first kappa shape index (κ1) is 12.8. The van der Waals surface area contributed by atoms with Crippen molar-refractivity contribution in [1.82, 2.24) is 9.29 Å². The average Bonchev–Trinajstić information content (AvgIpc) is 2.77. The normalized spacial score (nSPS) is 20.6. The number of nitrogens with zero attached hydrogens (tertiary/aromatic N) is 3. The third kappa shape index (κ3) is 2.97. The first-order valence-corrected chi connectivity index (χ1v) is 7.32. The van der Waals surface area contributed by atoms with Crippen LogP contribution in [0.25, 0.3) is 0 Å². The van der Waals surface area contributed by atoms with Crippen molar-refractivity contribution in [3.05, 3.63) is 23.9 Å². The molecule has 0 aromatic carbocycles. The van der Waals surface area contributed by atoms with Crippen LogP contribution in [-0.4, -0.2) is 43.2 Å². The Morgan fingerprint density at radius 1 is 1.61 bits per heavy atom. The summed E-state index contributed by atoms with van der Waals surface area (Å²) in [5, 5.41) is 8.75. The van der Waals surface area contributed by atoms with Crippen LogP contribution in [0.5, 0.6) is 5.88 Å². The van der Waals surface area contributed by atoms with E-state index < -0.39 is 10.0 Å². The summed E-state index contributed by atoms with van der Waals surface area (Å²) in [4.78, 5) is 4.00. The number of rotatable bonds is 3. The maximum atomic E-state index is 11.3. The summed E-state index contributed by atoms with van der Waals surface area (Å²) in [6.45, 7) is 0.790. The van der Waals surface area contributed by atoms with Gasteiger partial charge in [0, 0.05) is 18.8 Å². The summed E-state index contributed by atoms with van der Waals surface area (Å²) >= 11 is 0. The van der Waals surface area contributed by atoms with Gasteiger partial charge in [-0.3, -0.25) is 0 Å². The van der Waals surface area contributed by atoms with Gasteiger partial charge in [-0.15, -0.1) is 0 Å². The lowest BCUT2D eigenvalue weighted by Crippen LogP contribution is -2.30. The molecule has 2 rings (SSSR count). The highest BCUT2D eigenvalue weighted by atomic mass is 32.2. The molecule has 1 saturated heterocycles. The summed E-state index contributed by atoms with van der Waals surface area (Å²) in [6.07, 6.45) is 3.10. The van der Waals surface area contributed by atoms with E-state index >= 15 is 0 Å². The van der Waals surface area contributed by atoms with Crippen molar-refractivity contribution in [1.29, 1.82) is 5.26 Å². The highest BCUT2D eigenvalue weighted by Gasteiger charge is 2.30. The Bertz CT molecular complexity index is 579. The fourth-order valence-electron chi connectivity index (χ4n) is 1.81. The Morgan fingerprint density at radius 3 is 3.00 bits per heavy atom. The maximum Gasteiger partial charge on any atom is 0.214 e. The lowest BCUT2D eigenvalue weighted by molar-refractivity contribution is 0.207. The van der Waals surface area contributed by atoms with Gasteiger partial charge in [0.15, 0.2) is 0 Å². The molecule has 0 N–H and O–H groups in total. The zero-order chi connectivity index (χ0) is 13.2. The predicted octanol–water partition coefficient (Wildman–Crippen LogP) is 0.366. The largest absolute Gasteiger partial charge is 0.473 e. The molecule has 6 nitrogen and oxygen atoms in total. The Kier molecular flexibility index (Phi) is 3.50. The van der Waals surface area contributed by atoms with E-state index in [0.29, 0.717) is 31.0 Å². The molecule has 1 aromatic rings. The SMILES string of the molecule is CS(=O)(=O)N1CCC(Oc2cc(C#N)ccn2)C1. The molecule has 1 aliphatic rings. The van der Waals surface area contributed by atoms with E-state index in [1.54, 1.807) is 12.1 Å². The lowest BCUT2D eigenvalue weighted by Gasteiger charge is -2.14. The number of ether oxygens (including phenoxy) is 1. The summed E-state index contributed by atoms with van der Waals surface area (Å²) in [6, 6.07) is 5.13. The fourth-order valence-corrected chi connectivity index (χ4v) is 2.68. The van der Waals surface area contributed by atoms with Crippen LogP contribution in [0.3, 0.4) is 0 Å². The molecule has 0 amide bonds. The molecule has 0 saturated carbocycles. The van der Waals surface area contributed by atoms with E-state index in [0.717, 1.165) is 0 Å². The van der Waals surface area contributed by atoms with E-state index in [4.69, 9.17) is 10.00 Å². The molecule has 2 heterocycles. The van der Waals surface area contributed by atoms with Crippen LogP contribution in [0.2, 0.25) is 0 Å². The Hall–Kier alpha value is -1.65. The fraction of sp³-hybridized carbons (Fsp3) is 0.455. The molecular weight excluding hydrogens is 254 g/mol. The summed E-state index contributed by atoms with van der Waals surface area (Å²) in [7, 11) is -3.16. The molecule has 1 fully saturated rings. The third-order valence-electron chi connectivity index (χ3n) is 2.73. The number of hydrogen-bond donors (Lipinski definition) is 0. The monoisotopic (exact) mass is 267 g/mol. The highest BCUT2D eigenvalue weighted by Crippen LogP contribution is 2.18. The van der Waals surface area contributed by atoms with Gasteiger partial charge in [-0.05, 0) is 12.5 Å². The number of aromatic nitrogens is 1. The van der Waals surface area contributed by atoms with Crippen molar-refractivity contribution < 1.29 is 13.2 Å². The van der Waals surface area contributed by atoms with E-state index in [1.165, 1.54) is 16.8 Å². The van der Waals surface area contributed by atoms with Crippen LogP contribution < -0.4 is 4.74 Å². The Labute approximate surface area is 106 Å². The van der Waals surface area contributed by atoms with Gasteiger partial charge in [0.2, 0.25) is 15.9 Å². The van der Waals surface area contributed by atoms with E-state index in [9.17, 15) is 8.42 Å². The molecule has 1 unspecified atom stereocenters. The van der Waals surface area contributed by atoms with Gasteiger partial charge in [-0.1, -0.05) is 0 Å². The number of hydrogen-bond acceptors (Lipinski definition) is 5. The van der Waals surface area contributed by atoms with Gasteiger partial charge in [0.25, 0.3) is 0 Å². The van der Waals surface area contributed by atoms with Gasteiger partial charge in [0.05, 0.1) is 24.4 Å². The zero-order valence-corrected chi connectivity index (χ0v) is 10.7. The summed E-state index contributed by atoms with van der Waals surface area (Å²) in [5.74, 6) is 0.356. The summed E-state index contributed by atoms with van der Waals surface area (Å²) < 4.78 is 29.6. The van der Waals surface area contributed by atoms with E-state index in [1.807, 2.05) is 6.07 Å². The van der Waals surface area contributed by atoms with Crippen LogP contribution in [0.4, 0.5) is 0 Å². The zero-order valence-electron chi connectivity index (χ0n) is 9.91. The van der Waals surface area contributed by atoms with Gasteiger partial charge in [-0.2, -0.15) is 9.57 Å². The van der Waals surface area contributed by atoms with Gasteiger partial charge in [0.1, 0.15) is 6.10 Å². The second-order valence-corrected chi connectivity index (χ2v) is 6.13. The minimum absolute atomic E-state index is 0.207. The second kappa shape index (κ2) is 4.92. The topological polar surface area (TPSA) is 83.3 Å². The average molecular weight is 267 g/mol. The molecule has 0 bridgehead atoms. The summed E-state index contributed by atoms with van der Waals surface area (Å²) in [5.41, 5.74) is 0.470. The second-order valence-electron chi connectivity index (χ2n) is 4.14. The minimum atomic E-state index is -3.16. The molecule has 0 radical (unpaired) electrons. The molecule has 1 aliphatic heterocycles. The quantitative estimate of drug-likeness (QED) is 0.790. The van der Waals surface area contributed by atoms with Crippen molar-refractivity contribution >= 4 is 10.0 Å². The van der Waals surface area contributed by atoms with E-state index in [2.05, 4.69) is 4.98 Å². The van der Waals surface area contributed by atoms with Crippen molar-refractivity contribution in [2.24, 2.45) is 0 Å². The van der Waals surface area contributed by atoms with Gasteiger partial charge in [-0.25, -0.2) is 13.4 Å². The molecule has 0 aliphatic carbocycles. The van der Waals surface area contributed by atoms with Crippen LogP contribution >= 0.6 is 0 Å². The first-order chi connectivity index (χ1) is 8.49. The van der Waals surface area contributed by atoms with Crippen LogP contribution in [0, 0.1) is 11.3 Å². The van der Waals surface area contributed by atoms with Crippen molar-refractivity contribution in [2.45, 2.75) is 12.5 Å². The standard InChI is InChI=1S/C11H13N3O3S/c1-18(15,16)14-5-3-10(8-14)17-11-6-9(7-12)2-4-13-11/h2,4,6,10H,3,5,8H2,1H3. The van der Waals surface area contributed by atoms with Gasteiger partial charge >= 0.3 is 0 Å². The van der Waals surface area contributed by atoms with Crippen molar-refractivity contribution in [3.8, 4) is 11.9 Å². The smallest absolute Gasteiger partial charge is 0.214 e. The molecular formula is C11H13N3O3S. The van der Waals surface area contributed by atoms with Crippen LogP contribution in [0.1, 0.15) is 12.0 Å². The van der Waals surface area contributed by atoms with Crippen LogP contribution in [0.15, 0.2) is 18.3 Å². The van der Waals surface area contributed by atoms with E-state index in [-0.39, 0.29) is 6.10 Å². The first-order valence-electron chi connectivity index (χ1n) is 5.47. The molecule has 7 heteroatoms. The highest BCUT2D eigenvalue weighted by molar-refractivity contribution is 7.88. The van der Waals surface area contributed by atoms with Crippen molar-refractivity contribution in [3.63, 3.8) is 0 Å². The molecule has 1 aromatic heterocycles. The Morgan fingerprint density at radius 2 is 2.39 bits per heavy atom. The molecule has 96 valence electrons. The van der Waals surface area contributed by atoms with Crippen LogP contribution in [-0.2, 0) is 10.0 Å². The molecule has 0 spiro atoms. The van der Waals surface area contributed by atoms with Gasteiger partial charge < -0.3 is 4.74 Å². The predicted molar refractivity (Wildman–Crippen MR) is 64.4 cm³/mol. The molecule has 18 heavy (non-hydrogen) atoms. The third-order valence-corrected chi connectivity index (χ3v) is 4.00. The Balaban J connectivity index is 2.02. The minimum Gasteiger partial charge on any atom is -0.473 e. The number of nitriles is 1. The maximum absolute atomic E-state index is 11.3.